The van der Waals surface area contributed by atoms with Crippen LogP contribution in [-0.2, 0) is 4.74 Å². The molecule has 2 amide bonds. The lowest BCUT2D eigenvalue weighted by molar-refractivity contribution is 0.0951. The molecule has 0 saturated carbocycles. The van der Waals surface area contributed by atoms with Crippen LogP contribution in [0.15, 0.2) is 48.5 Å². The van der Waals surface area contributed by atoms with Gasteiger partial charge in [-0.2, -0.15) is 0 Å². The highest BCUT2D eigenvalue weighted by Crippen LogP contribution is 2.23. The lowest BCUT2D eigenvalue weighted by Crippen LogP contribution is -2.47. The Morgan fingerprint density at radius 2 is 1.74 bits per heavy atom. The number of anilines is 2. The van der Waals surface area contributed by atoms with Gasteiger partial charge in [-0.3, -0.25) is 15.0 Å². The smallest absolute Gasteiger partial charge is 0.411 e. The summed E-state index contributed by atoms with van der Waals surface area (Å²) in [6, 6.07) is 15.2. The minimum Gasteiger partial charge on any atom is -0.492 e. The van der Waals surface area contributed by atoms with Crippen LogP contribution in [-0.4, -0.2) is 93.9 Å². The zero-order valence-electron chi connectivity index (χ0n) is 23.1. The van der Waals surface area contributed by atoms with Gasteiger partial charge >= 0.3 is 6.09 Å². The summed E-state index contributed by atoms with van der Waals surface area (Å²) in [5.74, 6) is 0.601. The Balaban J connectivity index is 1.37. The van der Waals surface area contributed by atoms with E-state index in [1.54, 1.807) is 6.07 Å². The zero-order valence-corrected chi connectivity index (χ0v) is 23.1. The molecule has 0 atom stereocenters. The fourth-order valence-electron chi connectivity index (χ4n) is 4.48. The highest BCUT2D eigenvalue weighted by molar-refractivity contribution is 5.95. The molecular formula is C29H43N5O4. The SMILES string of the molecule is CCOc1ccccc1NC(=O)OCCN1CCN(c2cccc(C(=O)NCCCN(CC)CC)c2)CC1. The third kappa shape index (κ3) is 9.22. The molecule has 0 bridgehead atoms. The van der Waals surface area contributed by atoms with Crippen molar-refractivity contribution in [3.63, 3.8) is 0 Å². The van der Waals surface area contributed by atoms with Crippen LogP contribution in [0.2, 0.25) is 0 Å². The maximum absolute atomic E-state index is 12.7. The van der Waals surface area contributed by atoms with Gasteiger partial charge in [0.15, 0.2) is 0 Å². The van der Waals surface area contributed by atoms with E-state index in [1.807, 2.05) is 43.3 Å². The number of nitrogens with one attached hydrogen (secondary N) is 2. The van der Waals surface area contributed by atoms with Crippen LogP contribution in [0.25, 0.3) is 0 Å². The van der Waals surface area contributed by atoms with Gasteiger partial charge in [-0.05, 0) is 63.3 Å². The van der Waals surface area contributed by atoms with Gasteiger partial charge in [0.2, 0.25) is 0 Å². The lowest BCUT2D eigenvalue weighted by Gasteiger charge is -2.36. The Morgan fingerprint density at radius 1 is 0.974 bits per heavy atom. The highest BCUT2D eigenvalue weighted by Gasteiger charge is 2.19. The van der Waals surface area contributed by atoms with Gasteiger partial charge in [-0.25, -0.2) is 4.79 Å². The van der Waals surface area contributed by atoms with E-state index in [1.165, 1.54) is 0 Å². The summed E-state index contributed by atoms with van der Waals surface area (Å²) < 4.78 is 10.9. The molecular weight excluding hydrogens is 482 g/mol. The Morgan fingerprint density at radius 3 is 2.47 bits per heavy atom. The molecule has 1 aliphatic rings. The van der Waals surface area contributed by atoms with Gasteiger partial charge < -0.3 is 24.6 Å². The van der Waals surface area contributed by atoms with Crippen molar-refractivity contribution < 1.29 is 19.1 Å². The van der Waals surface area contributed by atoms with Crippen molar-refractivity contribution >= 4 is 23.4 Å². The summed E-state index contributed by atoms with van der Waals surface area (Å²) in [5.41, 5.74) is 2.35. The molecule has 9 heteroatoms. The third-order valence-corrected chi connectivity index (χ3v) is 6.74. The number of piperazine rings is 1. The number of hydrogen-bond acceptors (Lipinski definition) is 7. The van der Waals surface area contributed by atoms with Crippen molar-refractivity contribution in [1.29, 1.82) is 0 Å². The fraction of sp³-hybridized carbons (Fsp3) is 0.517. The predicted molar refractivity (Wildman–Crippen MR) is 152 cm³/mol. The van der Waals surface area contributed by atoms with Gasteiger partial charge in [0.05, 0.1) is 12.3 Å². The van der Waals surface area contributed by atoms with E-state index in [0.717, 1.165) is 57.9 Å². The minimum absolute atomic E-state index is 0.0238. The first kappa shape index (κ1) is 29.3. The Kier molecular flexibility index (Phi) is 12.2. The van der Waals surface area contributed by atoms with Crippen LogP contribution in [0, 0.1) is 0 Å². The molecule has 1 fully saturated rings. The van der Waals surface area contributed by atoms with Crippen molar-refractivity contribution in [3.8, 4) is 5.75 Å². The maximum atomic E-state index is 12.7. The standard InChI is InChI=1S/C29H43N5O4/c1-4-32(5-2)16-10-15-30-28(35)24-11-9-12-25(23-24)34-19-17-33(18-20-34)21-22-38-29(36)31-26-13-7-8-14-27(26)37-6-3/h7-9,11-14,23H,4-6,10,15-22H2,1-3H3,(H,30,35)(H,31,36). The van der Waals surface area contributed by atoms with E-state index in [4.69, 9.17) is 9.47 Å². The van der Waals surface area contributed by atoms with Gasteiger partial charge in [-0.15, -0.1) is 0 Å². The van der Waals surface area contributed by atoms with E-state index in [0.29, 0.717) is 43.3 Å². The predicted octanol–water partition coefficient (Wildman–Crippen LogP) is 3.92. The number of carbonyl (C=O) groups excluding carboxylic acids is 2. The van der Waals surface area contributed by atoms with E-state index >= 15 is 0 Å². The second kappa shape index (κ2) is 15.8. The van der Waals surface area contributed by atoms with E-state index in [-0.39, 0.29) is 5.91 Å². The summed E-state index contributed by atoms with van der Waals surface area (Å²) in [6.07, 6.45) is 0.458. The monoisotopic (exact) mass is 525 g/mol. The van der Waals surface area contributed by atoms with Crippen LogP contribution >= 0.6 is 0 Å². The molecule has 0 radical (unpaired) electrons. The summed E-state index contributed by atoms with van der Waals surface area (Å²) in [4.78, 5) is 31.8. The average Bonchev–Trinajstić information content (AvgIpc) is 2.94. The molecule has 2 aromatic rings. The topological polar surface area (TPSA) is 86.4 Å². The maximum Gasteiger partial charge on any atom is 0.411 e. The van der Waals surface area contributed by atoms with Crippen molar-refractivity contribution in [1.82, 2.24) is 15.1 Å². The molecule has 2 aromatic carbocycles. The molecule has 0 unspecified atom stereocenters. The third-order valence-electron chi connectivity index (χ3n) is 6.74. The first-order chi connectivity index (χ1) is 18.5. The number of rotatable bonds is 14. The quantitative estimate of drug-likeness (QED) is 0.362. The molecule has 2 N–H and O–H groups in total. The molecule has 0 aliphatic carbocycles. The normalized spacial score (nSPS) is 13.8. The lowest BCUT2D eigenvalue weighted by atomic mass is 10.1. The molecule has 9 nitrogen and oxygen atoms in total. The molecule has 3 rings (SSSR count). The number of carbonyl (C=O) groups is 2. The molecule has 38 heavy (non-hydrogen) atoms. The molecule has 0 spiro atoms. The fourth-order valence-corrected chi connectivity index (χ4v) is 4.48. The van der Waals surface area contributed by atoms with Crippen LogP contribution in [0.5, 0.6) is 5.75 Å². The van der Waals surface area contributed by atoms with Crippen LogP contribution in [0.1, 0.15) is 37.6 Å². The number of para-hydroxylation sites is 2. The Hall–Kier alpha value is -3.30. The molecule has 1 saturated heterocycles. The summed E-state index contributed by atoms with van der Waals surface area (Å²) in [5, 5.41) is 5.80. The van der Waals surface area contributed by atoms with Crippen molar-refractivity contribution in [2.24, 2.45) is 0 Å². The van der Waals surface area contributed by atoms with E-state index in [2.05, 4.69) is 45.2 Å². The Bertz CT molecular complexity index is 1010. The molecule has 208 valence electrons. The van der Waals surface area contributed by atoms with Gasteiger partial charge in [0, 0.05) is 50.5 Å². The second-order valence-corrected chi connectivity index (χ2v) is 9.21. The number of hydrogen-bond donors (Lipinski definition) is 2. The summed E-state index contributed by atoms with van der Waals surface area (Å²) in [6.45, 7) is 14.9. The highest BCUT2D eigenvalue weighted by atomic mass is 16.5. The van der Waals surface area contributed by atoms with Crippen molar-refractivity contribution in [2.75, 3.05) is 82.3 Å². The van der Waals surface area contributed by atoms with Crippen LogP contribution in [0.3, 0.4) is 0 Å². The zero-order chi connectivity index (χ0) is 27.2. The van der Waals surface area contributed by atoms with Crippen molar-refractivity contribution in [2.45, 2.75) is 27.2 Å². The minimum atomic E-state index is -0.487. The van der Waals surface area contributed by atoms with Crippen LogP contribution in [0.4, 0.5) is 16.2 Å². The van der Waals surface area contributed by atoms with Gasteiger partial charge in [0.1, 0.15) is 12.4 Å². The summed E-state index contributed by atoms with van der Waals surface area (Å²) >= 11 is 0. The molecule has 0 aromatic heterocycles. The first-order valence-electron chi connectivity index (χ1n) is 13.8. The second-order valence-electron chi connectivity index (χ2n) is 9.21. The van der Waals surface area contributed by atoms with Gasteiger partial charge in [0.25, 0.3) is 5.91 Å². The number of nitrogens with zero attached hydrogens (tertiary/aromatic N) is 3. The molecule has 1 aliphatic heterocycles. The number of benzene rings is 2. The van der Waals surface area contributed by atoms with Gasteiger partial charge in [-0.1, -0.05) is 32.0 Å². The first-order valence-corrected chi connectivity index (χ1v) is 13.8. The number of ether oxygens (including phenoxy) is 2. The Labute approximate surface area is 227 Å². The largest absolute Gasteiger partial charge is 0.492 e. The summed E-state index contributed by atoms with van der Waals surface area (Å²) in [7, 11) is 0. The molecule has 1 heterocycles. The number of amides is 2. The average molecular weight is 526 g/mol. The van der Waals surface area contributed by atoms with Crippen LogP contribution < -0.4 is 20.3 Å². The van der Waals surface area contributed by atoms with Crippen molar-refractivity contribution in [3.05, 3.63) is 54.1 Å². The van der Waals surface area contributed by atoms with E-state index in [9.17, 15) is 9.59 Å². The van der Waals surface area contributed by atoms with E-state index < -0.39 is 6.09 Å².